The third-order valence-corrected chi connectivity index (χ3v) is 9.40. The number of phenols is 1. The number of likely N-dealkylation sites (tertiary alicyclic amines) is 1. The average molecular weight is 507 g/mol. The van der Waals surface area contributed by atoms with Gasteiger partial charge in [0.05, 0.1) is 22.4 Å². The van der Waals surface area contributed by atoms with E-state index >= 15 is 0 Å². The Balaban J connectivity index is 0.00000220. The first-order valence-electron chi connectivity index (χ1n) is 12.6. The molecule has 1 saturated carbocycles. The van der Waals surface area contributed by atoms with E-state index in [-0.39, 0.29) is 36.3 Å². The summed E-state index contributed by atoms with van der Waals surface area (Å²) in [5, 5.41) is 24.7. The molecule has 1 unspecified atom stereocenters. The summed E-state index contributed by atoms with van der Waals surface area (Å²) in [6, 6.07) is 9.64. The SMILES string of the molecule is NC(N)=Nc1ccc2[nH]c3c(c2c1)C[C@@]1(O)[C@H]2Cc4ccc(O)c5c4[C@@]1(CCN2CC1CC1)C3O5.[Cl-]. The number of fused-ring (bicyclic) bond motifs is 4. The Bertz CT molecular complexity index is 1460. The highest BCUT2D eigenvalue weighted by Crippen LogP contribution is 2.69. The highest BCUT2D eigenvalue weighted by molar-refractivity contribution is 5.90. The second kappa shape index (κ2) is 7.09. The minimum atomic E-state index is -1.01. The minimum Gasteiger partial charge on any atom is -1.00 e. The number of aromatic amines is 1. The normalized spacial score (nSPS) is 31.2. The predicted octanol–water partition coefficient (Wildman–Crippen LogP) is -0.518. The lowest BCUT2D eigenvalue weighted by Gasteiger charge is -2.62. The van der Waals surface area contributed by atoms with Crippen molar-refractivity contribution in [1.82, 2.24) is 9.88 Å². The number of phenolic OH excluding ortho intramolecular Hbond substituents is 1. The molecular formula is C27H29ClN5O3-. The number of guanidine groups is 1. The molecular weight excluding hydrogens is 478 g/mol. The number of nitrogens with two attached hydrogens (primary N) is 2. The molecule has 3 heterocycles. The molecule has 3 aromatic rings. The van der Waals surface area contributed by atoms with Crippen LogP contribution in [-0.2, 0) is 18.3 Å². The zero-order chi connectivity index (χ0) is 23.7. The van der Waals surface area contributed by atoms with Gasteiger partial charge in [-0.2, -0.15) is 0 Å². The van der Waals surface area contributed by atoms with E-state index in [1.54, 1.807) is 6.07 Å². The van der Waals surface area contributed by atoms with Crippen LogP contribution >= 0.6 is 0 Å². The number of benzene rings is 2. The number of aliphatic imine (C=N–C) groups is 1. The van der Waals surface area contributed by atoms with Crippen LogP contribution in [0.25, 0.3) is 10.9 Å². The fraction of sp³-hybridized carbons (Fsp3) is 0.444. The molecule has 5 aliphatic rings. The molecule has 188 valence electrons. The Kier molecular flexibility index (Phi) is 4.38. The Morgan fingerprint density at radius 1 is 1.22 bits per heavy atom. The van der Waals surface area contributed by atoms with Crippen LogP contribution in [0.3, 0.4) is 0 Å². The maximum atomic E-state index is 12.9. The van der Waals surface area contributed by atoms with Gasteiger partial charge in [0.2, 0.25) is 0 Å². The molecule has 2 fully saturated rings. The number of nitrogens with zero attached hydrogens (tertiary/aromatic N) is 2. The van der Waals surface area contributed by atoms with Gasteiger partial charge in [0.25, 0.3) is 0 Å². The van der Waals surface area contributed by atoms with Crippen molar-refractivity contribution in [1.29, 1.82) is 0 Å². The average Bonchev–Trinajstić information content (AvgIpc) is 3.46. The number of piperidine rings is 1. The summed E-state index contributed by atoms with van der Waals surface area (Å²) in [7, 11) is 0. The molecule has 1 spiro atoms. The van der Waals surface area contributed by atoms with Crippen LogP contribution in [0.2, 0.25) is 0 Å². The first kappa shape index (κ1) is 22.3. The Labute approximate surface area is 214 Å². The summed E-state index contributed by atoms with van der Waals surface area (Å²) in [5.74, 6) is 1.46. The van der Waals surface area contributed by atoms with Crippen molar-refractivity contribution in [2.24, 2.45) is 22.4 Å². The minimum absolute atomic E-state index is 0. The van der Waals surface area contributed by atoms with Crippen LogP contribution in [0.1, 0.15) is 47.8 Å². The van der Waals surface area contributed by atoms with Crippen molar-refractivity contribution >= 4 is 22.5 Å². The first-order chi connectivity index (χ1) is 16.9. The monoisotopic (exact) mass is 506 g/mol. The van der Waals surface area contributed by atoms with Crippen LogP contribution < -0.4 is 28.6 Å². The number of nitrogens with one attached hydrogen (secondary N) is 1. The van der Waals surface area contributed by atoms with E-state index in [1.165, 1.54) is 18.4 Å². The summed E-state index contributed by atoms with van der Waals surface area (Å²) in [4.78, 5) is 10.4. The van der Waals surface area contributed by atoms with Crippen LogP contribution in [0.15, 0.2) is 35.3 Å². The summed E-state index contributed by atoms with van der Waals surface area (Å²) in [5.41, 5.74) is 15.6. The molecule has 7 N–H and O–H groups in total. The van der Waals surface area contributed by atoms with Crippen LogP contribution in [0.5, 0.6) is 11.5 Å². The van der Waals surface area contributed by atoms with E-state index in [9.17, 15) is 10.2 Å². The number of hydrogen-bond donors (Lipinski definition) is 5. The van der Waals surface area contributed by atoms with Gasteiger partial charge in [-0.15, -0.1) is 0 Å². The predicted molar refractivity (Wildman–Crippen MR) is 132 cm³/mol. The molecule has 36 heavy (non-hydrogen) atoms. The largest absolute Gasteiger partial charge is 1.00 e. The zero-order valence-corrected chi connectivity index (χ0v) is 20.6. The maximum absolute atomic E-state index is 12.9. The van der Waals surface area contributed by atoms with Gasteiger partial charge in [-0.1, -0.05) is 6.07 Å². The molecule has 8 nitrogen and oxygen atoms in total. The van der Waals surface area contributed by atoms with Crippen molar-refractivity contribution in [2.45, 2.75) is 55.3 Å². The molecule has 8 rings (SSSR count). The lowest BCUT2D eigenvalue weighted by molar-refractivity contribution is -0.173. The highest BCUT2D eigenvalue weighted by Gasteiger charge is 2.72. The number of aromatic nitrogens is 1. The number of halogens is 1. The van der Waals surface area contributed by atoms with Crippen molar-refractivity contribution < 1.29 is 27.4 Å². The van der Waals surface area contributed by atoms with Crippen LogP contribution in [-0.4, -0.2) is 50.8 Å². The third-order valence-electron chi connectivity index (χ3n) is 9.40. The van der Waals surface area contributed by atoms with Gasteiger partial charge < -0.3 is 43.8 Å². The number of hydrogen-bond acceptors (Lipinski definition) is 5. The zero-order valence-electron chi connectivity index (χ0n) is 19.8. The van der Waals surface area contributed by atoms with Crippen molar-refractivity contribution in [3.63, 3.8) is 0 Å². The van der Waals surface area contributed by atoms with Gasteiger partial charge in [-0.3, -0.25) is 4.90 Å². The highest BCUT2D eigenvalue weighted by atomic mass is 35.5. The summed E-state index contributed by atoms with van der Waals surface area (Å²) < 4.78 is 6.63. The topological polar surface area (TPSA) is 133 Å². The quantitative estimate of drug-likeness (QED) is 0.240. The fourth-order valence-corrected chi connectivity index (χ4v) is 7.83. The Morgan fingerprint density at radius 2 is 2.06 bits per heavy atom. The van der Waals surface area contributed by atoms with Crippen LogP contribution in [0, 0.1) is 5.92 Å². The summed E-state index contributed by atoms with van der Waals surface area (Å²) in [6.45, 7) is 1.98. The van der Waals surface area contributed by atoms with Crippen molar-refractivity contribution in [3.8, 4) is 11.5 Å². The smallest absolute Gasteiger partial charge is 0.191 e. The number of aliphatic hydroxyl groups is 1. The van der Waals surface area contributed by atoms with Gasteiger partial charge in [0, 0.05) is 35.5 Å². The number of ether oxygens (including phenoxy) is 1. The molecule has 0 radical (unpaired) electrons. The first-order valence-corrected chi connectivity index (χ1v) is 12.6. The molecule has 1 aromatic heterocycles. The van der Waals surface area contributed by atoms with Crippen molar-refractivity contribution in [3.05, 3.63) is 52.7 Å². The number of aromatic hydroxyl groups is 1. The van der Waals surface area contributed by atoms with Gasteiger partial charge in [-0.05, 0) is 73.5 Å². The van der Waals surface area contributed by atoms with Gasteiger partial charge in [-0.25, -0.2) is 4.99 Å². The lowest BCUT2D eigenvalue weighted by Crippen LogP contribution is -3.00. The van der Waals surface area contributed by atoms with E-state index in [0.29, 0.717) is 17.9 Å². The fourth-order valence-electron chi connectivity index (χ4n) is 7.83. The van der Waals surface area contributed by atoms with Gasteiger partial charge in [0.1, 0.15) is 0 Å². The Hall–Kier alpha value is -2.94. The number of rotatable bonds is 3. The van der Waals surface area contributed by atoms with E-state index in [4.69, 9.17) is 16.2 Å². The molecule has 9 heteroatoms. The molecule has 2 aromatic carbocycles. The second-order valence-electron chi connectivity index (χ2n) is 11.2. The lowest BCUT2D eigenvalue weighted by atomic mass is 9.49. The molecule has 2 bridgehead atoms. The second-order valence-corrected chi connectivity index (χ2v) is 11.2. The molecule has 4 atom stereocenters. The third kappa shape index (κ3) is 2.59. The molecule has 3 aliphatic carbocycles. The van der Waals surface area contributed by atoms with Crippen molar-refractivity contribution in [2.75, 3.05) is 13.1 Å². The molecule has 2 aliphatic heterocycles. The van der Waals surface area contributed by atoms with Gasteiger partial charge in [0.15, 0.2) is 23.6 Å². The van der Waals surface area contributed by atoms with Crippen LogP contribution in [0.4, 0.5) is 5.69 Å². The number of H-pyrrole nitrogens is 1. The summed E-state index contributed by atoms with van der Waals surface area (Å²) >= 11 is 0. The van der Waals surface area contributed by atoms with E-state index in [1.807, 2.05) is 24.3 Å². The molecule has 1 saturated heterocycles. The summed E-state index contributed by atoms with van der Waals surface area (Å²) in [6.07, 6.45) is 4.27. The standard InChI is InChI=1S/C27H29N5O3.ClH/c28-25(29)30-15-4-5-18-16(10-15)17-11-27(34)20-9-14-3-6-19(33)23-21(14)26(27,24(35-23)22(17)31-18)7-8-32(20)12-13-1-2-13;/h3-6,10,13,20,24,31,33-34H,1-2,7-9,11-12H2,(H4,28,29,30);1H/p-1/t20-,24?,26+,27-;/m1./s1. The maximum Gasteiger partial charge on any atom is 0.191 e. The van der Waals surface area contributed by atoms with E-state index in [2.05, 4.69) is 14.9 Å². The van der Waals surface area contributed by atoms with Gasteiger partial charge >= 0.3 is 0 Å². The van der Waals surface area contributed by atoms with E-state index in [0.717, 1.165) is 59.6 Å². The van der Waals surface area contributed by atoms with E-state index < -0.39 is 11.0 Å². The molecule has 0 amide bonds. The Morgan fingerprint density at radius 3 is 2.83 bits per heavy atom.